The van der Waals surface area contributed by atoms with Crippen molar-refractivity contribution in [1.82, 2.24) is 4.90 Å². The first-order valence-corrected chi connectivity index (χ1v) is 6.70. The molecule has 0 aliphatic rings. The minimum Gasteiger partial charge on any atom is -0.364 e. The average molecular weight is 276 g/mol. The number of thiocarbonyl (C=S) groups is 1. The molecule has 0 spiro atoms. The highest BCUT2D eigenvalue weighted by molar-refractivity contribution is 8.23. The van der Waals surface area contributed by atoms with Gasteiger partial charge in [-0.1, -0.05) is 30.0 Å². The average Bonchev–Trinajstić information content (AvgIpc) is 2.68. The molecule has 0 bridgehead atoms. The number of hydrogen-bond donors (Lipinski definition) is 0. The Kier molecular flexibility index (Phi) is 5.17. The smallest absolute Gasteiger partial charge is 0.220 e. The molecular weight excluding hydrogens is 264 g/mol. The third kappa shape index (κ3) is 4.07. The van der Waals surface area contributed by atoms with Crippen molar-refractivity contribution >= 4 is 39.6 Å². The van der Waals surface area contributed by atoms with Crippen molar-refractivity contribution in [2.45, 2.75) is 5.25 Å². The van der Waals surface area contributed by atoms with E-state index in [2.05, 4.69) is 0 Å². The van der Waals surface area contributed by atoms with Crippen molar-refractivity contribution in [3.63, 3.8) is 0 Å². The first kappa shape index (κ1) is 13.4. The topological polar surface area (TPSA) is 46.4 Å². The molecule has 1 atom stereocenters. The molecule has 1 heterocycles. The number of nitrogens with zero attached hydrogens (tertiary/aromatic N) is 2. The minimum atomic E-state index is -0.296. The molecule has 4 nitrogen and oxygen atoms in total. The number of thiophene rings is 1. The molecule has 0 saturated heterocycles. The van der Waals surface area contributed by atoms with Gasteiger partial charge in [-0.3, -0.25) is 10.1 Å². The summed E-state index contributed by atoms with van der Waals surface area (Å²) in [5, 5.41) is 12.3. The fourth-order valence-electron chi connectivity index (χ4n) is 1.02. The van der Waals surface area contributed by atoms with Crippen molar-refractivity contribution in [3.05, 3.63) is 32.5 Å². The molecule has 88 valence electrons. The normalized spacial score (nSPS) is 12.1. The predicted octanol–water partition coefficient (Wildman–Crippen LogP) is 2.65. The van der Waals surface area contributed by atoms with Crippen LogP contribution in [0.2, 0.25) is 0 Å². The van der Waals surface area contributed by atoms with Gasteiger partial charge in [0.25, 0.3) is 0 Å². The maximum atomic E-state index is 10.6. The van der Waals surface area contributed by atoms with E-state index in [4.69, 9.17) is 12.2 Å². The highest BCUT2D eigenvalue weighted by Crippen LogP contribution is 2.33. The number of thioether (sulfide) groups is 1. The lowest BCUT2D eigenvalue weighted by Gasteiger charge is -2.16. The van der Waals surface area contributed by atoms with Gasteiger partial charge in [-0.25, -0.2) is 0 Å². The van der Waals surface area contributed by atoms with Crippen LogP contribution in [-0.2, 0) is 0 Å². The summed E-state index contributed by atoms with van der Waals surface area (Å²) >= 11 is 8.04. The molecule has 0 N–H and O–H groups in total. The Morgan fingerprint density at radius 1 is 1.75 bits per heavy atom. The molecule has 0 radical (unpaired) electrons. The van der Waals surface area contributed by atoms with Crippen molar-refractivity contribution in [3.8, 4) is 0 Å². The molecule has 0 fully saturated rings. The van der Waals surface area contributed by atoms with Gasteiger partial charge in [0, 0.05) is 23.9 Å². The van der Waals surface area contributed by atoms with Gasteiger partial charge in [0.15, 0.2) is 0 Å². The summed E-state index contributed by atoms with van der Waals surface area (Å²) in [7, 11) is 3.68. The standard InChI is InChI=1S/C9H12N2O2S3/c1-10(2)9(14)16-8(6-11(12)13)7-4-3-5-15-7/h3-5,8H,6H2,1-2H3. The molecule has 0 saturated carbocycles. The van der Waals surface area contributed by atoms with Crippen LogP contribution < -0.4 is 0 Å². The second-order valence-electron chi connectivity index (χ2n) is 3.30. The number of nitro groups is 1. The Bertz CT molecular complexity index is 365. The van der Waals surface area contributed by atoms with Gasteiger partial charge >= 0.3 is 0 Å². The van der Waals surface area contributed by atoms with Gasteiger partial charge < -0.3 is 4.90 Å². The van der Waals surface area contributed by atoms with Crippen molar-refractivity contribution in [2.24, 2.45) is 0 Å². The van der Waals surface area contributed by atoms with Crippen LogP contribution in [0, 0.1) is 10.1 Å². The van der Waals surface area contributed by atoms with E-state index in [-0.39, 0.29) is 16.7 Å². The van der Waals surface area contributed by atoms with Crippen LogP contribution in [0.25, 0.3) is 0 Å². The van der Waals surface area contributed by atoms with Gasteiger partial charge in [-0.15, -0.1) is 11.3 Å². The minimum absolute atomic E-state index is 0.0981. The molecule has 16 heavy (non-hydrogen) atoms. The quantitative estimate of drug-likeness (QED) is 0.480. The zero-order valence-electron chi connectivity index (χ0n) is 8.95. The van der Waals surface area contributed by atoms with Crippen LogP contribution >= 0.6 is 35.3 Å². The van der Waals surface area contributed by atoms with E-state index in [1.807, 2.05) is 31.6 Å². The summed E-state index contributed by atoms with van der Waals surface area (Å²) < 4.78 is 0.667. The summed E-state index contributed by atoms with van der Waals surface area (Å²) in [6, 6.07) is 3.80. The highest BCUT2D eigenvalue weighted by atomic mass is 32.2. The van der Waals surface area contributed by atoms with Gasteiger partial charge in [-0.05, 0) is 11.4 Å². The van der Waals surface area contributed by atoms with Gasteiger partial charge in [-0.2, -0.15) is 0 Å². The van der Waals surface area contributed by atoms with Crippen molar-refractivity contribution < 1.29 is 4.92 Å². The maximum absolute atomic E-state index is 10.6. The van der Waals surface area contributed by atoms with Crippen LogP contribution in [0.4, 0.5) is 0 Å². The van der Waals surface area contributed by atoms with E-state index in [1.165, 1.54) is 23.1 Å². The van der Waals surface area contributed by atoms with Crippen LogP contribution in [-0.4, -0.2) is 34.8 Å². The number of hydrogen-bond acceptors (Lipinski definition) is 5. The summed E-state index contributed by atoms with van der Waals surface area (Å²) in [5.41, 5.74) is 0. The zero-order valence-corrected chi connectivity index (χ0v) is 11.4. The van der Waals surface area contributed by atoms with E-state index < -0.39 is 0 Å². The van der Waals surface area contributed by atoms with Gasteiger partial charge in [0.1, 0.15) is 9.57 Å². The van der Waals surface area contributed by atoms with Crippen LogP contribution in [0.5, 0.6) is 0 Å². The van der Waals surface area contributed by atoms with Crippen LogP contribution in [0.3, 0.4) is 0 Å². The third-order valence-electron chi connectivity index (χ3n) is 1.78. The Morgan fingerprint density at radius 2 is 2.44 bits per heavy atom. The molecule has 0 aliphatic heterocycles. The molecule has 1 aromatic rings. The fourth-order valence-corrected chi connectivity index (χ4v) is 3.22. The maximum Gasteiger partial charge on any atom is 0.220 e. The molecule has 7 heteroatoms. The fraction of sp³-hybridized carbons (Fsp3) is 0.444. The van der Waals surface area contributed by atoms with Gasteiger partial charge in [0.05, 0.1) is 0 Å². The lowest BCUT2D eigenvalue weighted by Crippen LogP contribution is -2.19. The molecule has 0 aromatic carbocycles. The lowest BCUT2D eigenvalue weighted by atomic mass is 10.3. The first-order chi connectivity index (χ1) is 7.50. The monoisotopic (exact) mass is 276 g/mol. The molecule has 0 aliphatic carbocycles. The summed E-state index contributed by atoms with van der Waals surface area (Å²) in [5.74, 6) is 0. The summed E-state index contributed by atoms with van der Waals surface area (Å²) in [4.78, 5) is 13.1. The first-order valence-electron chi connectivity index (χ1n) is 4.54. The Morgan fingerprint density at radius 3 is 2.88 bits per heavy atom. The molecular formula is C9H12N2O2S3. The van der Waals surface area contributed by atoms with E-state index >= 15 is 0 Å². The van der Waals surface area contributed by atoms with Crippen molar-refractivity contribution in [1.29, 1.82) is 0 Å². The molecule has 0 amide bonds. The largest absolute Gasteiger partial charge is 0.364 e. The lowest BCUT2D eigenvalue weighted by molar-refractivity contribution is -0.479. The molecule has 1 unspecified atom stereocenters. The van der Waals surface area contributed by atoms with E-state index in [0.29, 0.717) is 4.32 Å². The third-order valence-corrected chi connectivity index (χ3v) is 4.83. The summed E-state index contributed by atoms with van der Waals surface area (Å²) in [6.07, 6.45) is 0. The van der Waals surface area contributed by atoms with E-state index in [1.54, 1.807) is 4.90 Å². The van der Waals surface area contributed by atoms with Crippen LogP contribution in [0.15, 0.2) is 17.5 Å². The summed E-state index contributed by atoms with van der Waals surface area (Å²) in [6.45, 7) is -0.0981. The Balaban J connectivity index is 2.72. The Labute approximate surface area is 108 Å². The Hall–Kier alpha value is -0.660. The van der Waals surface area contributed by atoms with E-state index in [9.17, 15) is 10.1 Å². The zero-order chi connectivity index (χ0) is 12.1. The molecule has 1 aromatic heterocycles. The second kappa shape index (κ2) is 6.17. The molecule has 1 rings (SSSR count). The van der Waals surface area contributed by atoms with Crippen molar-refractivity contribution in [2.75, 3.05) is 20.6 Å². The predicted molar refractivity (Wildman–Crippen MR) is 72.8 cm³/mol. The second-order valence-corrected chi connectivity index (χ2v) is 6.11. The van der Waals surface area contributed by atoms with Gasteiger partial charge in [0.2, 0.25) is 6.54 Å². The SMILES string of the molecule is CN(C)C(=S)SC(C[N+](=O)[O-])c1cccs1. The van der Waals surface area contributed by atoms with Crippen LogP contribution in [0.1, 0.15) is 10.1 Å². The van der Waals surface area contributed by atoms with E-state index in [0.717, 1.165) is 4.88 Å². The number of rotatable bonds is 4. The highest BCUT2D eigenvalue weighted by Gasteiger charge is 2.22.